The first-order valence-electron chi connectivity index (χ1n) is 6.30. The van der Waals surface area contributed by atoms with E-state index in [9.17, 15) is 39.5 Å². The summed E-state index contributed by atoms with van der Waals surface area (Å²) in [5, 5.41) is 0. The Bertz CT molecular complexity index is 415. The third-order valence-corrected chi connectivity index (χ3v) is 4.22. The topological polar surface area (TPSA) is 30.9 Å². The smallest absolute Gasteiger partial charge is 0.353 e. The second kappa shape index (κ2) is 8.78. The van der Waals surface area contributed by atoms with Gasteiger partial charge in [-0.05, 0) is 0 Å². The van der Waals surface area contributed by atoms with Gasteiger partial charge >= 0.3 is 18.3 Å². The lowest BCUT2D eigenvalue weighted by Gasteiger charge is -2.42. The lowest BCUT2D eigenvalue weighted by Crippen LogP contribution is -2.63. The molecule has 4 unspecified atom stereocenters. The van der Waals surface area contributed by atoms with Crippen LogP contribution < -0.4 is 0 Å². The molecule has 0 radical (unpaired) electrons. The van der Waals surface area contributed by atoms with Crippen molar-refractivity contribution in [2.24, 2.45) is 0 Å². The molecule has 1 rings (SSSR count). The number of nitrogens with zero attached hydrogens (tertiary/aromatic N) is 1. The van der Waals surface area contributed by atoms with Gasteiger partial charge in [0.05, 0.1) is 6.61 Å². The van der Waals surface area contributed by atoms with E-state index in [0.29, 0.717) is 0 Å². The summed E-state index contributed by atoms with van der Waals surface area (Å²) in [4.78, 5) is -0.254. The monoisotopic (exact) mass is 617 g/mol. The van der Waals surface area contributed by atoms with Gasteiger partial charge in [0, 0.05) is 13.1 Å². The van der Waals surface area contributed by atoms with Crippen molar-refractivity contribution >= 4 is 46.0 Å². The number of rotatable bonds is 6. The number of halogens is 11. The van der Waals surface area contributed by atoms with E-state index in [1.807, 2.05) is 0 Å². The highest BCUT2D eigenvalue weighted by Gasteiger charge is 2.58. The van der Waals surface area contributed by atoms with Gasteiger partial charge in [0.25, 0.3) is 0 Å². The van der Waals surface area contributed by atoms with Crippen LogP contribution in [0.15, 0.2) is 0 Å². The predicted molar refractivity (Wildman–Crippen MR) is 81.1 cm³/mol. The molecule has 15 heteroatoms. The molecule has 25 heavy (non-hydrogen) atoms. The van der Waals surface area contributed by atoms with E-state index >= 15 is 0 Å². The van der Waals surface area contributed by atoms with Crippen LogP contribution in [0.3, 0.4) is 0 Å². The largest absolute Gasteiger partial charge is 0.415 e. The summed E-state index contributed by atoms with van der Waals surface area (Å²) >= 11 is 2.20. The number of hydrogen-bond donors (Lipinski definition) is 0. The van der Waals surface area contributed by atoms with Crippen LogP contribution >= 0.6 is 46.0 Å². The predicted octanol–water partition coefficient (Wildman–Crippen LogP) is 4.21. The summed E-state index contributed by atoms with van der Waals surface area (Å²) in [7, 11) is 0. The maximum Gasteiger partial charge on any atom is 0.415 e. The zero-order chi connectivity index (χ0) is 19.6. The van der Waals surface area contributed by atoms with E-state index in [0.717, 1.165) is 23.0 Å². The van der Waals surface area contributed by atoms with Crippen LogP contribution in [-0.4, -0.2) is 67.5 Å². The van der Waals surface area contributed by atoms with Crippen molar-refractivity contribution < 1.29 is 50.4 Å². The summed E-state index contributed by atoms with van der Waals surface area (Å²) in [5.74, 6) is -4.43. The number of hydrogen-bond acceptors (Lipinski definition) is 4. The van der Waals surface area contributed by atoms with Crippen LogP contribution in [0.5, 0.6) is 0 Å². The third kappa shape index (κ3) is 6.08. The van der Waals surface area contributed by atoms with Crippen LogP contribution in [0.2, 0.25) is 0 Å². The molecule has 0 bridgehead atoms. The van der Waals surface area contributed by atoms with Crippen molar-refractivity contribution in [3.05, 3.63) is 0 Å². The fraction of sp³-hybridized carbons (Fsp3) is 1.00. The fourth-order valence-corrected chi connectivity index (χ4v) is 2.79. The van der Waals surface area contributed by atoms with Crippen molar-refractivity contribution in [3.63, 3.8) is 0 Å². The van der Waals surface area contributed by atoms with Gasteiger partial charge in [0.1, 0.15) is 46.0 Å². The van der Waals surface area contributed by atoms with Crippen molar-refractivity contribution in [3.8, 4) is 0 Å². The summed E-state index contributed by atoms with van der Waals surface area (Å²) < 4.78 is 131. The zero-order valence-corrected chi connectivity index (χ0v) is 16.1. The number of morpholine rings is 1. The minimum atomic E-state index is -5.29. The fourth-order valence-electron chi connectivity index (χ4n) is 1.98. The van der Waals surface area contributed by atoms with Crippen molar-refractivity contribution in [1.29, 1.82) is 0 Å². The highest BCUT2D eigenvalue weighted by molar-refractivity contribution is 14.1. The van der Waals surface area contributed by atoms with Crippen LogP contribution in [0, 0.1) is 0 Å². The molecule has 1 saturated heterocycles. The molecular weight excluding hydrogens is 607 g/mol. The second-order valence-electron chi connectivity index (χ2n) is 5.01. The zero-order valence-electron chi connectivity index (χ0n) is 11.8. The highest BCUT2D eigenvalue weighted by atomic mass is 127. The van der Waals surface area contributed by atoms with E-state index in [1.54, 1.807) is 0 Å². The van der Waals surface area contributed by atoms with Gasteiger partial charge in [0.2, 0.25) is 6.30 Å². The minimum Gasteiger partial charge on any atom is -0.353 e. The maximum absolute atomic E-state index is 14.2. The number of alkyl halides is 9. The quantitative estimate of drug-likeness (QED) is 0.254. The molecule has 0 aromatic rings. The molecule has 0 N–H and O–H groups in total. The Morgan fingerprint density at radius 2 is 1.40 bits per heavy atom. The normalized spacial score (nSPS) is 26.5. The molecule has 0 saturated carbocycles. The third-order valence-electron chi connectivity index (χ3n) is 3.25. The van der Waals surface area contributed by atoms with Crippen molar-refractivity contribution in [2.45, 2.75) is 42.9 Å². The molecule has 0 aliphatic carbocycles. The molecule has 4 atom stereocenters. The summed E-state index contributed by atoms with van der Waals surface area (Å²) in [6.07, 6.45) is -22.4. The summed E-state index contributed by atoms with van der Waals surface area (Å²) in [6, 6.07) is 0. The first-order valence-corrected chi connectivity index (χ1v) is 8.07. The second-order valence-corrected chi connectivity index (χ2v) is 6.15. The number of ether oxygens (including phenoxy) is 1. The lowest BCUT2D eigenvalue weighted by molar-refractivity contribution is -0.320. The Balaban J connectivity index is 3.06. The molecule has 0 spiro atoms. The Kier molecular flexibility index (Phi) is 8.33. The van der Waals surface area contributed by atoms with Crippen LogP contribution in [-0.2, 0) is 10.9 Å². The molecule has 1 aliphatic heterocycles. The molecule has 150 valence electrons. The van der Waals surface area contributed by atoms with Gasteiger partial charge in [0.15, 0.2) is 18.3 Å². The molecule has 1 heterocycles. The lowest BCUT2D eigenvalue weighted by atomic mass is 10.1. The first kappa shape index (κ1) is 23.7. The summed E-state index contributed by atoms with van der Waals surface area (Å²) in [6.45, 7) is -3.88. The highest BCUT2D eigenvalue weighted by Crippen LogP contribution is 2.38. The molecule has 4 nitrogen and oxygen atoms in total. The van der Waals surface area contributed by atoms with Crippen molar-refractivity contribution in [2.75, 3.05) is 19.7 Å². The average Bonchev–Trinajstić information content (AvgIpc) is 2.49. The molecule has 0 amide bonds. The Morgan fingerprint density at radius 3 is 1.72 bits per heavy atom. The molecule has 1 aliphatic rings. The van der Waals surface area contributed by atoms with E-state index in [1.165, 1.54) is 23.0 Å². The first-order chi connectivity index (χ1) is 11.2. The van der Waals surface area contributed by atoms with Gasteiger partial charge in [-0.25, -0.2) is 4.39 Å². The minimum absolute atomic E-state index is 0.254. The van der Waals surface area contributed by atoms with E-state index in [2.05, 4.69) is 10.9 Å². The SMILES string of the molecule is FC(N1CC(C(F)(F)F)OC(C(F)(F)F)C1)C(F)(F)C(COI)OI. The molecule has 0 aromatic carbocycles. The Labute approximate surface area is 163 Å². The van der Waals surface area contributed by atoms with Gasteiger partial charge in [-0.3, -0.25) is 4.90 Å². The average molecular weight is 617 g/mol. The Hall–Kier alpha value is 0.670. The van der Waals surface area contributed by atoms with E-state index in [-0.39, 0.29) is 4.90 Å². The van der Waals surface area contributed by atoms with Gasteiger partial charge < -0.3 is 10.9 Å². The maximum atomic E-state index is 14.2. The van der Waals surface area contributed by atoms with Crippen LogP contribution in [0.4, 0.5) is 39.5 Å². The van der Waals surface area contributed by atoms with Crippen LogP contribution in [0.25, 0.3) is 0 Å². The molecule has 1 fully saturated rings. The van der Waals surface area contributed by atoms with Gasteiger partial charge in [-0.1, -0.05) is 0 Å². The molecule has 0 aromatic heterocycles. The standard InChI is InChI=1S/C10H10F9I2NO3/c11-7(8(12,13)6(25-21)3-23-20)22-1-4(9(14,15)16)24-5(2-22)10(17,18)19/h4-7H,1-3H2. The van der Waals surface area contributed by atoms with Crippen LogP contribution in [0.1, 0.15) is 0 Å². The van der Waals surface area contributed by atoms with Crippen molar-refractivity contribution in [1.82, 2.24) is 4.90 Å². The van der Waals surface area contributed by atoms with Gasteiger partial charge in [-0.2, -0.15) is 35.1 Å². The van der Waals surface area contributed by atoms with E-state index in [4.69, 9.17) is 0 Å². The molecular formula is C10H10F9I2NO3. The van der Waals surface area contributed by atoms with Gasteiger partial charge in [-0.15, -0.1) is 0 Å². The van der Waals surface area contributed by atoms with E-state index < -0.39 is 62.6 Å². The summed E-state index contributed by atoms with van der Waals surface area (Å²) in [5.41, 5.74) is 0. The Morgan fingerprint density at radius 1 is 0.960 bits per heavy atom.